The van der Waals surface area contributed by atoms with Gasteiger partial charge in [-0.1, -0.05) is 30.0 Å². The fraction of sp³-hybridized carbons (Fsp3) is 0.111. The molecule has 0 fully saturated rings. The van der Waals surface area contributed by atoms with E-state index in [0.717, 1.165) is 0 Å². The topological polar surface area (TPSA) is 87.7 Å². The molecular formula is C9H10N4O2S2. The molecule has 90 valence electrons. The lowest BCUT2D eigenvalue weighted by molar-refractivity contribution is 0.601. The van der Waals surface area contributed by atoms with Crippen LogP contribution in [0, 0.1) is 0 Å². The predicted molar refractivity (Wildman–Crippen MR) is 65.4 cm³/mol. The highest BCUT2D eigenvalue weighted by atomic mass is 32.2. The number of aromatic amines is 1. The maximum Gasteiger partial charge on any atom is 0.264 e. The van der Waals surface area contributed by atoms with Gasteiger partial charge in [-0.15, -0.1) is 5.10 Å². The van der Waals surface area contributed by atoms with Crippen molar-refractivity contribution in [3.05, 3.63) is 30.3 Å². The summed E-state index contributed by atoms with van der Waals surface area (Å²) in [4.78, 5) is 4.13. The van der Waals surface area contributed by atoms with Gasteiger partial charge in [-0.3, -0.25) is 0 Å². The molecule has 0 radical (unpaired) electrons. The first-order chi connectivity index (χ1) is 8.12. The molecule has 0 aliphatic rings. The van der Waals surface area contributed by atoms with Crippen LogP contribution in [-0.2, 0) is 10.0 Å². The number of nitrogens with zero attached hydrogens (tertiary/aromatic N) is 2. The fourth-order valence-electron chi connectivity index (χ4n) is 1.17. The van der Waals surface area contributed by atoms with Gasteiger partial charge in [0.15, 0.2) is 0 Å². The van der Waals surface area contributed by atoms with E-state index in [2.05, 4.69) is 19.9 Å². The van der Waals surface area contributed by atoms with E-state index in [1.54, 1.807) is 24.5 Å². The summed E-state index contributed by atoms with van der Waals surface area (Å²) in [7, 11) is -3.60. The number of sulfonamides is 1. The van der Waals surface area contributed by atoms with Crippen molar-refractivity contribution in [3.8, 4) is 0 Å². The van der Waals surface area contributed by atoms with E-state index in [-0.39, 0.29) is 10.8 Å². The van der Waals surface area contributed by atoms with Gasteiger partial charge in [-0.25, -0.2) is 18.2 Å². The van der Waals surface area contributed by atoms with Crippen LogP contribution in [0.4, 0.5) is 5.95 Å². The molecular weight excluding hydrogens is 260 g/mol. The Morgan fingerprint density at radius 2 is 2.00 bits per heavy atom. The Bertz CT molecular complexity index is 594. The van der Waals surface area contributed by atoms with E-state index in [4.69, 9.17) is 0 Å². The zero-order valence-electron chi connectivity index (χ0n) is 8.91. The third-order valence-corrected chi connectivity index (χ3v) is 3.83. The standard InChI is InChI=1S/C9H10N4O2S2/c1-16-9-10-8(11-12-9)13-17(14,15)7-5-3-2-4-6-7/h2-6H,1H3,(H2,10,11,12,13). The minimum Gasteiger partial charge on any atom is -0.248 e. The van der Waals surface area contributed by atoms with E-state index < -0.39 is 10.0 Å². The van der Waals surface area contributed by atoms with Gasteiger partial charge in [-0.05, 0) is 18.4 Å². The van der Waals surface area contributed by atoms with Crippen LogP contribution in [0.2, 0.25) is 0 Å². The van der Waals surface area contributed by atoms with Gasteiger partial charge in [0.2, 0.25) is 11.1 Å². The molecule has 2 N–H and O–H groups in total. The Morgan fingerprint density at radius 3 is 2.59 bits per heavy atom. The van der Waals surface area contributed by atoms with Gasteiger partial charge in [-0.2, -0.15) is 4.98 Å². The molecule has 0 spiro atoms. The monoisotopic (exact) mass is 270 g/mol. The van der Waals surface area contributed by atoms with E-state index in [0.29, 0.717) is 5.16 Å². The summed E-state index contributed by atoms with van der Waals surface area (Å²) in [5.41, 5.74) is 0. The van der Waals surface area contributed by atoms with Crippen molar-refractivity contribution >= 4 is 27.7 Å². The second-order valence-electron chi connectivity index (χ2n) is 3.09. The summed E-state index contributed by atoms with van der Waals surface area (Å²) in [6.07, 6.45) is 1.80. The molecule has 1 heterocycles. The molecule has 0 aliphatic heterocycles. The van der Waals surface area contributed by atoms with Crippen molar-refractivity contribution in [3.63, 3.8) is 0 Å². The van der Waals surface area contributed by atoms with Gasteiger partial charge in [0, 0.05) is 0 Å². The summed E-state index contributed by atoms with van der Waals surface area (Å²) in [5.74, 6) is 0.109. The van der Waals surface area contributed by atoms with Gasteiger partial charge < -0.3 is 0 Å². The molecule has 0 atom stereocenters. The van der Waals surface area contributed by atoms with Crippen LogP contribution < -0.4 is 4.72 Å². The largest absolute Gasteiger partial charge is 0.264 e. The summed E-state index contributed by atoms with van der Waals surface area (Å²) in [5, 5.41) is 6.80. The first kappa shape index (κ1) is 11.9. The molecule has 17 heavy (non-hydrogen) atoms. The molecule has 1 aromatic carbocycles. The Morgan fingerprint density at radius 1 is 1.29 bits per heavy atom. The van der Waals surface area contributed by atoms with Crippen LogP contribution in [0.25, 0.3) is 0 Å². The lowest BCUT2D eigenvalue weighted by Crippen LogP contribution is -2.13. The molecule has 0 aliphatic carbocycles. The fourth-order valence-corrected chi connectivity index (χ4v) is 2.47. The zero-order valence-corrected chi connectivity index (χ0v) is 10.5. The molecule has 8 heteroatoms. The maximum atomic E-state index is 11.9. The number of aromatic nitrogens is 3. The zero-order chi connectivity index (χ0) is 12.3. The van der Waals surface area contributed by atoms with Gasteiger partial charge in [0.05, 0.1) is 4.90 Å². The predicted octanol–water partition coefficient (Wildman–Crippen LogP) is 1.33. The Labute approximate surface area is 103 Å². The minimum absolute atomic E-state index is 0.109. The van der Waals surface area contributed by atoms with Crippen LogP contribution in [0.5, 0.6) is 0 Å². The van der Waals surface area contributed by atoms with Crippen molar-refractivity contribution in [2.24, 2.45) is 0 Å². The maximum absolute atomic E-state index is 11.9. The number of hydrogen-bond acceptors (Lipinski definition) is 5. The van der Waals surface area contributed by atoms with E-state index in [9.17, 15) is 8.42 Å². The smallest absolute Gasteiger partial charge is 0.248 e. The van der Waals surface area contributed by atoms with Crippen LogP contribution in [-0.4, -0.2) is 29.9 Å². The molecule has 2 aromatic rings. The highest BCUT2D eigenvalue weighted by Crippen LogP contribution is 2.14. The number of benzene rings is 1. The average molecular weight is 270 g/mol. The third-order valence-electron chi connectivity index (χ3n) is 1.93. The number of rotatable bonds is 4. The molecule has 1 aromatic heterocycles. The number of H-pyrrole nitrogens is 1. The molecule has 0 bridgehead atoms. The second kappa shape index (κ2) is 4.76. The first-order valence-electron chi connectivity index (χ1n) is 4.66. The van der Waals surface area contributed by atoms with Crippen molar-refractivity contribution < 1.29 is 8.42 Å². The van der Waals surface area contributed by atoms with Crippen molar-refractivity contribution in [1.29, 1.82) is 0 Å². The van der Waals surface area contributed by atoms with Crippen molar-refractivity contribution in [2.45, 2.75) is 10.1 Å². The lowest BCUT2D eigenvalue weighted by Gasteiger charge is -2.03. The normalized spacial score (nSPS) is 11.4. The number of hydrogen-bond donors (Lipinski definition) is 2. The molecule has 0 saturated carbocycles. The summed E-state index contributed by atoms with van der Waals surface area (Å²) >= 11 is 1.32. The molecule has 0 saturated heterocycles. The average Bonchev–Trinajstić information content (AvgIpc) is 2.77. The van der Waals surface area contributed by atoms with Crippen LogP contribution in [0.3, 0.4) is 0 Å². The van der Waals surface area contributed by atoms with E-state index in [1.165, 1.54) is 23.9 Å². The van der Waals surface area contributed by atoms with Gasteiger partial charge in [0.1, 0.15) is 0 Å². The summed E-state index contributed by atoms with van der Waals surface area (Å²) in [6, 6.07) is 8.08. The molecule has 0 unspecified atom stereocenters. The van der Waals surface area contributed by atoms with Gasteiger partial charge >= 0.3 is 0 Å². The van der Waals surface area contributed by atoms with Crippen LogP contribution in [0.15, 0.2) is 40.4 Å². The Balaban J connectivity index is 2.24. The highest BCUT2D eigenvalue weighted by molar-refractivity contribution is 7.98. The Hall–Kier alpha value is -1.54. The second-order valence-corrected chi connectivity index (χ2v) is 5.55. The Kier molecular flexibility index (Phi) is 3.34. The van der Waals surface area contributed by atoms with E-state index in [1.807, 2.05) is 0 Å². The van der Waals surface area contributed by atoms with Crippen LogP contribution >= 0.6 is 11.8 Å². The number of anilines is 1. The highest BCUT2D eigenvalue weighted by Gasteiger charge is 2.15. The first-order valence-corrected chi connectivity index (χ1v) is 7.37. The summed E-state index contributed by atoms with van der Waals surface area (Å²) < 4.78 is 26.1. The number of thioether (sulfide) groups is 1. The number of nitrogens with one attached hydrogen (secondary N) is 2. The molecule has 6 nitrogen and oxygen atoms in total. The third kappa shape index (κ3) is 2.77. The van der Waals surface area contributed by atoms with Crippen molar-refractivity contribution in [1.82, 2.24) is 15.2 Å². The molecule has 0 amide bonds. The summed E-state index contributed by atoms with van der Waals surface area (Å²) in [6.45, 7) is 0. The van der Waals surface area contributed by atoms with E-state index >= 15 is 0 Å². The van der Waals surface area contributed by atoms with Gasteiger partial charge in [0.25, 0.3) is 10.0 Å². The lowest BCUT2D eigenvalue weighted by atomic mass is 10.4. The quantitative estimate of drug-likeness (QED) is 0.818. The molecule has 2 rings (SSSR count). The minimum atomic E-state index is -3.60. The van der Waals surface area contributed by atoms with Crippen LogP contribution in [0.1, 0.15) is 0 Å². The van der Waals surface area contributed by atoms with Crippen molar-refractivity contribution in [2.75, 3.05) is 11.0 Å². The SMILES string of the molecule is CSc1n[nH]c(NS(=O)(=O)c2ccccc2)n1.